The summed E-state index contributed by atoms with van der Waals surface area (Å²) in [4.78, 5) is 20.1. The van der Waals surface area contributed by atoms with Gasteiger partial charge < -0.3 is 10.6 Å². The Hall–Kier alpha value is -2.14. The average Bonchev–Trinajstić information content (AvgIpc) is 2.42. The van der Waals surface area contributed by atoms with Crippen LogP contribution in [0.25, 0.3) is 0 Å². The third kappa shape index (κ3) is 4.16. The number of aromatic nitrogens is 2. The molecule has 21 heavy (non-hydrogen) atoms. The fraction of sp³-hybridized carbons (Fsp3) is 0.267. The van der Waals surface area contributed by atoms with Crippen molar-refractivity contribution < 1.29 is 4.79 Å². The monoisotopic (exact) mass is 304 g/mol. The molecule has 0 unspecified atom stereocenters. The smallest absolute Gasteiger partial charge is 0.229 e. The summed E-state index contributed by atoms with van der Waals surface area (Å²) >= 11 is 6.20. The Morgan fingerprint density at radius 2 is 2.00 bits per heavy atom. The summed E-state index contributed by atoms with van der Waals surface area (Å²) in [5.74, 6) is 0.541. The molecule has 0 saturated heterocycles. The number of carbonyl (C=O) groups is 1. The number of amides is 1. The van der Waals surface area contributed by atoms with Crippen LogP contribution in [0.15, 0.2) is 36.8 Å². The molecule has 2 N–H and O–H groups in total. The zero-order valence-corrected chi connectivity index (χ0v) is 12.9. The minimum atomic E-state index is -0.472. The molecule has 0 aliphatic carbocycles. The molecule has 5 nitrogen and oxygen atoms in total. The van der Waals surface area contributed by atoms with Crippen molar-refractivity contribution in [3.8, 4) is 0 Å². The number of anilines is 3. The van der Waals surface area contributed by atoms with Crippen LogP contribution in [-0.4, -0.2) is 15.9 Å². The van der Waals surface area contributed by atoms with Crippen LogP contribution in [0.4, 0.5) is 17.2 Å². The van der Waals surface area contributed by atoms with Crippen molar-refractivity contribution >= 4 is 34.7 Å². The Labute approximate surface area is 128 Å². The lowest BCUT2D eigenvalue weighted by Crippen LogP contribution is -2.27. The molecule has 1 aromatic heterocycles. The molecule has 0 spiro atoms. The molecule has 1 heterocycles. The summed E-state index contributed by atoms with van der Waals surface area (Å²) in [6.07, 6.45) is 4.81. The van der Waals surface area contributed by atoms with Gasteiger partial charge in [0, 0.05) is 23.5 Å². The molecule has 2 aromatic rings. The predicted molar refractivity (Wildman–Crippen MR) is 84.9 cm³/mol. The van der Waals surface area contributed by atoms with Crippen LogP contribution in [-0.2, 0) is 4.79 Å². The molecule has 0 fully saturated rings. The Morgan fingerprint density at radius 1 is 1.24 bits per heavy atom. The van der Waals surface area contributed by atoms with Crippen LogP contribution < -0.4 is 10.6 Å². The van der Waals surface area contributed by atoms with Crippen LogP contribution in [0.2, 0.25) is 5.02 Å². The summed E-state index contributed by atoms with van der Waals surface area (Å²) in [5.41, 5.74) is 0.885. The van der Waals surface area contributed by atoms with E-state index < -0.39 is 5.41 Å². The zero-order chi connectivity index (χ0) is 15.5. The molecule has 6 heteroatoms. The van der Waals surface area contributed by atoms with E-state index >= 15 is 0 Å². The Balaban J connectivity index is 2.13. The van der Waals surface area contributed by atoms with E-state index in [0.717, 1.165) is 5.69 Å². The van der Waals surface area contributed by atoms with Gasteiger partial charge in [-0.3, -0.25) is 9.78 Å². The quantitative estimate of drug-likeness (QED) is 0.903. The van der Waals surface area contributed by atoms with Crippen molar-refractivity contribution in [2.24, 2.45) is 5.41 Å². The summed E-state index contributed by atoms with van der Waals surface area (Å²) in [6.45, 7) is 5.54. The van der Waals surface area contributed by atoms with Gasteiger partial charge in [0.15, 0.2) is 0 Å². The number of carbonyl (C=O) groups excluding carboxylic acids is 1. The fourth-order valence-corrected chi connectivity index (χ4v) is 1.74. The minimum absolute atomic E-state index is 0.0842. The first-order valence-electron chi connectivity index (χ1n) is 6.50. The van der Waals surface area contributed by atoms with Gasteiger partial charge in [-0.25, -0.2) is 4.98 Å². The third-order valence-corrected chi connectivity index (χ3v) is 3.05. The highest BCUT2D eigenvalue weighted by molar-refractivity contribution is 6.34. The first kappa shape index (κ1) is 15.3. The molecule has 0 saturated carbocycles. The Kier molecular flexibility index (Phi) is 4.43. The van der Waals surface area contributed by atoms with Crippen LogP contribution in [0, 0.1) is 5.41 Å². The number of nitrogens with one attached hydrogen (secondary N) is 2. The van der Waals surface area contributed by atoms with Gasteiger partial charge in [0.25, 0.3) is 0 Å². The van der Waals surface area contributed by atoms with E-state index in [9.17, 15) is 4.79 Å². The summed E-state index contributed by atoms with van der Waals surface area (Å²) in [6, 6.07) is 5.30. The number of halogens is 1. The number of hydrogen-bond donors (Lipinski definition) is 2. The van der Waals surface area contributed by atoms with Crippen molar-refractivity contribution in [2.45, 2.75) is 20.8 Å². The van der Waals surface area contributed by atoms with Gasteiger partial charge in [0.1, 0.15) is 5.82 Å². The topological polar surface area (TPSA) is 66.9 Å². The highest BCUT2D eigenvalue weighted by atomic mass is 35.5. The van der Waals surface area contributed by atoms with Crippen LogP contribution in [0.5, 0.6) is 0 Å². The largest absolute Gasteiger partial charge is 0.339 e. The molecule has 1 aromatic carbocycles. The molecule has 0 bridgehead atoms. The van der Waals surface area contributed by atoms with Crippen LogP contribution >= 0.6 is 11.6 Å². The van der Waals surface area contributed by atoms with Gasteiger partial charge in [-0.2, -0.15) is 0 Å². The molecule has 0 radical (unpaired) electrons. The first-order chi connectivity index (χ1) is 9.86. The number of hydrogen-bond acceptors (Lipinski definition) is 4. The Bertz CT molecular complexity index is 638. The van der Waals surface area contributed by atoms with E-state index in [0.29, 0.717) is 16.5 Å². The molecule has 110 valence electrons. The third-order valence-electron chi connectivity index (χ3n) is 2.73. The zero-order valence-electron chi connectivity index (χ0n) is 12.1. The second-order valence-electron chi connectivity index (χ2n) is 5.61. The van der Waals surface area contributed by atoms with E-state index in [1.54, 1.807) is 30.7 Å². The lowest BCUT2D eigenvalue weighted by molar-refractivity contribution is -0.123. The maximum absolute atomic E-state index is 12.0. The van der Waals surface area contributed by atoms with Crippen molar-refractivity contribution in [2.75, 3.05) is 10.6 Å². The average molecular weight is 305 g/mol. The lowest BCUT2D eigenvalue weighted by atomic mass is 9.95. The van der Waals surface area contributed by atoms with Gasteiger partial charge in [-0.15, -0.1) is 0 Å². The van der Waals surface area contributed by atoms with E-state index in [1.165, 1.54) is 0 Å². The molecular weight excluding hydrogens is 288 g/mol. The lowest BCUT2D eigenvalue weighted by Gasteiger charge is -2.18. The van der Waals surface area contributed by atoms with Crippen molar-refractivity contribution in [3.05, 3.63) is 41.8 Å². The highest BCUT2D eigenvalue weighted by Gasteiger charge is 2.21. The SMILES string of the molecule is CC(C)(C)C(=O)Nc1ccc(Nc2cnccn2)cc1Cl. The van der Waals surface area contributed by atoms with Gasteiger partial charge >= 0.3 is 0 Å². The van der Waals surface area contributed by atoms with Gasteiger partial charge in [-0.05, 0) is 18.2 Å². The summed E-state index contributed by atoms with van der Waals surface area (Å²) < 4.78 is 0. The molecule has 1 amide bonds. The molecule has 0 aliphatic heterocycles. The Morgan fingerprint density at radius 3 is 2.57 bits per heavy atom. The maximum atomic E-state index is 12.0. The van der Waals surface area contributed by atoms with Crippen molar-refractivity contribution in [1.82, 2.24) is 9.97 Å². The minimum Gasteiger partial charge on any atom is -0.339 e. The number of nitrogens with zero attached hydrogens (tertiary/aromatic N) is 2. The van der Waals surface area contributed by atoms with E-state index in [1.807, 2.05) is 26.8 Å². The number of benzene rings is 1. The first-order valence-corrected chi connectivity index (χ1v) is 6.88. The molecule has 0 atom stereocenters. The second kappa shape index (κ2) is 6.10. The van der Waals surface area contributed by atoms with Gasteiger partial charge in [-0.1, -0.05) is 32.4 Å². The highest BCUT2D eigenvalue weighted by Crippen LogP contribution is 2.28. The summed E-state index contributed by atoms with van der Waals surface area (Å²) in [7, 11) is 0. The second-order valence-corrected chi connectivity index (χ2v) is 6.02. The predicted octanol–water partition coefficient (Wildman–Crippen LogP) is 3.86. The standard InChI is InChI=1S/C15H17ClN4O/c1-15(2,3)14(21)20-12-5-4-10(8-11(12)16)19-13-9-17-6-7-18-13/h4-9H,1-3H3,(H,18,19)(H,20,21). The van der Waals surface area contributed by atoms with Gasteiger partial charge in [0.05, 0.1) is 16.9 Å². The van der Waals surface area contributed by atoms with E-state index in [4.69, 9.17) is 11.6 Å². The van der Waals surface area contributed by atoms with E-state index in [-0.39, 0.29) is 5.91 Å². The summed E-state index contributed by atoms with van der Waals surface area (Å²) in [5, 5.41) is 6.36. The normalized spacial score (nSPS) is 11.0. The van der Waals surface area contributed by atoms with Crippen LogP contribution in [0.1, 0.15) is 20.8 Å². The molecule has 0 aliphatic rings. The van der Waals surface area contributed by atoms with Crippen LogP contribution in [0.3, 0.4) is 0 Å². The maximum Gasteiger partial charge on any atom is 0.229 e. The van der Waals surface area contributed by atoms with Gasteiger partial charge in [0.2, 0.25) is 5.91 Å². The van der Waals surface area contributed by atoms with Crippen molar-refractivity contribution in [1.29, 1.82) is 0 Å². The number of rotatable bonds is 3. The fourth-order valence-electron chi connectivity index (χ4n) is 1.52. The molecule has 2 rings (SSSR count). The van der Waals surface area contributed by atoms with E-state index in [2.05, 4.69) is 20.6 Å². The van der Waals surface area contributed by atoms with Crippen molar-refractivity contribution in [3.63, 3.8) is 0 Å². The molecular formula is C15H17ClN4O.